The van der Waals surface area contributed by atoms with Crippen molar-refractivity contribution in [3.05, 3.63) is 28.8 Å². The van der Waals surface area contributed by atoms with Gasteiger partial charge in [-0.3, -0.25) is 0 Å². The summed E-state index contributed by atoms with van der Waals surface area (Å²) in [6.45, 7) is 3.16. The molecule has 2 aliphatic rings. The van der Waals surface area contributed by atoms with Crippen molar-refractivity contribution in [1.29, 1.82) is 0 Å². The van der Waals surface area contributed by atoms with E-state index in [1.54, 1.807) is 0 Å². The number of anilines is 1. The Labute approximate surface area is 120 Å². The van der Waals surface area contributed by atoms with Gasteiger partial charge in [-0.2, -0.15) is 0 Å². The van der Waals surface area contributed by atoms with E-state index >= 15 is 0 Å². The lowest BCUT2D eigenvalue weighted by atomic mass is 9.85. The molecule has 1 heterocycles. The third-order valence-electron chi connectivity index (χ3n) is 4.82. The van der Waals surface area contributed by atoms with Crippen LogP contribution in [0.2, 0.25) is 5.02 Å². The second-order valence-corrected chi connectivity index (χ2v) is 6.50. The van der Waals surface area contributed by atoms with E-state index in [9.17, 15) is 0 Å². The van der Waals surface area contributed by atoms with Gasteiger partial charge < -0.3 is 10.6 Å². The molecule has 1 aromatic rings. The van der Waals surface area contributed by atoms with Crippen molar-refractivity contribution < 1.29 is 0 Å². The average molecular weight is 279 g/mol. The van der Waals surface area contributed by atoms with Crippen molar-refractivity contribution >= 4 is 17.3 Å². The molecule has 0 amide bonds. The van der Waals surface area contributed by atoms with Crippen LogP contribution < -0.4 is 10.6 Å². The maximum atomic E-state index is 6.49. The standard InChI is InChI=1S/C16H23ClN2/c1-11(18)13-6-7-16(14(17)10-13)19-9-8-12-4-2-3-5-15(12)19/h6-7,10-12,15H,2-5,8-9,18H2,1H3. The van der Waals surface area contributed by atoms with Gasteiger partial charge in [-0.1, -0.05) is 30.5 Å². The van der Waals surface area contributed by atoms with E-state index in [0.29, 0.717) is 6.04 Å². The van der Waals surface area contributed by atoms with Crippen LogP contribution in [0, 0.1) is 5.92 Å². The van der Waals surface area contributed by atoms with Crippen molar-refractivity contribution in [2.24, 2.45) is 11.7 Å². The van der Waals surface area contributed by atoms with Crippen LogP contribution in [0.1, 0.15) is 50.6 Å². The SMILES string of the molecule is CC(N)c1ccc(N2CCC3CCCCC32)c(Cl)c1. The predicted molar refractivity (Wildman–Crippen MR) is 81.8 cm³/mol. The second-order valence-electron chi connectivity index (χ2n) is 6.09. The predicted octanol–water partition coefficient (Wildman–Crippen LogP) is 4.13. The molecule has 19 heavy (non-hydrogen) atoms. The summed E-state index contributed by atoms with van der Waals surface area (Å²) < 4.78 is 0. The lowest BCUT2D eigenvalue weighted by molar-refractivity contribution is 0.342. The Morgan fingerprint density at radius 2 is 2.05 bits per heavy atom. The summed E-state index contributed by atoms with van der Waals surface area (Å²) in [7, 11) is 0. The van der Waals surface area contributed by atoms with Gasteiger partial charge in [-0.25, -0.2) is 0 Å². The highest BCUT2D eigenvalue weighted by Crippen LogP contribution is 2.41. The highest BCUT2D eigenvalue weighted by atomic mass is 35.5. The fraction of sp³-hybridized carbons (Fsp3) is 0.625. The quantitative estimate of drug-likeness (QED) is 0.881. The molecule has 1 aromatic carbocycles. The van der Waals surface area contributed by atoms with Crippen molar-refractivity contribution in [2.75, 3.05) is 11.4 Å². The Morgan fingerprint density at radius 3 is 2.79 bits per heavy atom. The Balaban J connectivity index is 1.86. The first-order valence-corrected chi connectivity index (χ1v) is 7.86. The lowest BCUT2D eigenvalue weighted by Gasteiger charge is -2.33. The number of fused-ring (bicyclic) bond motifs is 1. The number of rotatable bonds is 2. The van der Waals surface area contributed by atoms with Crippen LogP contribution in [0.5, 0.6) is 0 Å². The normalized spacial score (nSPS) is 28.3. The summed E-state index contributed by atoms with van der Waals surface area (Å²) in [6.07, 6.45) is 6.84. The molecule has 1 aliphatic carbocycles. The molecule has 1 aliphatic heterocycles. The highest BCUT2D eigenvalue weighted by molar-refractivity contribution is 6.33. The van der Waals surface area contributed by atoms with Gasteiger partial charge in [-0.05, 0) is 49.8 Å². The van der Waals surface area contributed by atoms with E-state index in [4.69, 9.17) is 17.3 Å². The van der Waals surface area contributed by atoms with Crippen molar-refractivity contribution in [3.8, 4) is 0 Å². The zero-order chi connectivity index (χ0) is 13.4. The van der Waals surface area contributed by atoms with Crippen LogP contribution in [0.25, 0.3) is 0 Å². The lowest BCUT2D eigenvalue weighted by Crippen LogP contribution is -2.34. The minimum atomic E-state index is 0.0487. The molecular formula is C16H23ClN2. The van der Waals surface area contributed by atoms with Crippen LogP contribution >= 0.6 is 11.6 Å². The summed E-state index contributed by atoms with van der Waals surface area (Å²) in [5.74, 6) is 0.887. The maximum Gasteiger partial charge on any atom is 0.0642 e. The van der Waals surface area contributed by atoms with Gasteiger partial charge in [-0.15, -0.1) is 0 Å². The minimum Gasteiger partial charge on any atom is -0.367 e. The summed E-state index contributed by atoms with van der Waals surface area (Å²) in [6, 6.07) is 7.09. The first kappa shape index (κ1) is 13.3. The van der Waals surface area contributed by atoms with Crippen molar-refractivity contribution in [2.45, 2.75) is 51.1 Å². The van der Waals surface area contributed by atoms with Crippen LogP contribution in [-0.4, -0.2) is 12.6 Å². The molecule has 2 nitrogen and oxygen atoms in total. The molecule has 0 bridgehead atoms. The molecule has 3 heteroatoms. The zero-order valence-corrected chi connectivity index (χ0v) is 12.4. The van der Waals surface area contributed by atoms with Gasteiger partial charge in [0.2, 0.25) is 0 Å². The van der Waals surface area contributed by atoms with E-state index in [1.807, 2.05) is 13.0 Å². The van der Waals surface area contributed by atoms with Crippen LogP contribution in [0.4, 0.5) is 5.69 Å². The molecule has 104 valence electrons. The molecule has 2 N–H and O–H groups in total. The average Bonchev–Trinajstić information content (AvgIpc) is 2.82. The highest BCUT2D eigenvalue weighted by Gasteiger charge is 2.36. The Kier molecular flexibility index (Phi) is 3.72. The van der Waals surface area contributed by atoms with Gasteiger partial charge >= 0.3 is 0 Å². The topological polar surface area (TPSA) is 29.3 Å². The van der Waals surface area contributed by atoms with Gasteiger partial charge in [0.15, 0.2) is 0 Å². The number of benzene rings is 1. The van der Waals surface area contributed by atoms with Crippen molar-refractivity contribution in [1.82, 2.24) is 0 Å². The van der Waals surface area contributed by atoms with Crippen LogP contribution in [0.3, 0.4) is 0 Å². The van der Waals surface area contributed by atoms with E-state index < -0.39 is 0 Å². The summed E-state index contributed by atoms with van der Waals surface area (Å²) in [5.41, 5.74) is 8.25. The molecule has 1 saturated carbocycles. The second kappa shape index (κ2) is 5.34. The molecule has 3 atom stereocenters. The minimum absolute atomic E-state index is 0.0487. The number of hydrogen-bond acceptors (Lipinski definition) is 2. The maximum absolute atomic E-state index is 6.49. The van der Waals surface area contributed by atoms with E-state index in [0.717, 1.165) is 23.0 Å². The largest absolute Gasteiger partial charge is 0.367 e. The molecule has 0 spiro atoms. The summed E-state index contributed by atoms with van der Waals surface area (Å²) in [4.78, 5) is 2.54. The summed E-state index contributed by atoms with van der Waals surface area (Å²) in [5, 5.41) is 0.862. The zero-order valence-electron chi connectivity index (χ0n) is 11.6. The monoisotopic (exact) mass is 278 g/mol. The van der Waals surface area contributed by atoms with Gasteiger partial charge in [0.05, 0.1) is 10.7 Å². The van der Waals surface area contributed by atoms with Gasteiger partial charge in [0.25, 0.3) is 0 Å². The molecule has 0 radical (unpaired) electrons. The van der Waals surface area contributed by atoms with Gasteiger partial charge in [0, 0.05) is 18.6 Å². The van der Waals surface area contributed by atoms with Crippen molar-refractivity contribution in [3.63, 3.8) is 0 Å². The molecular weight excluding hydrogens is 256 g/mol. The molecule has 3 unspecified atom stereocenters. The van der Waals surface area contributed by atoms with Gasteiger partial charge in [0.1, 0.15) is 0 Å². The third-order valence-corrected chi connectivity index (χ3v) is 5.12. The Hall–Kier alpha value is -0.730. The number of halogens is 1. The first-order chi connectivity index (χ1) is 9.16. The van der Waals surface area contributed by atoms with E-state index in [-0.39, 0.29) is 6.04 Å². The number of nitrogens with two attached hydrogens (primary N) is 1. The van der Waals surface area contributed by atoms with Crippen LogP contribution in [-0.2, 0) is 0 Å². The molecule has 2 fully saturated rings. The Morgan fingerprint density at radius 1 is 1.26 bits per heavy atom. The van der Waals surface area contributed by atoms with E-state index in [1.165, 1.54) is 37.8 Å². The molecule has 1 saturated heterocycles. The van der Waals surface area contributed by atoms with Crippen LogP contribution in [0.15, 0.2) is 18.2 Å². The Bertz CT molecular complexity index is 458. The fourth-order valence-electron chi connectivity index (χ4n) is 3.74. The first-order valence-electron chi connectivity index (χ1n) is 7.48. The molecule has 0 aromatic heterocycles. The number of nitrogens with zero attached hydrogens (tertiary/aromatic N) is 1. The smallest absolute Gasteiger partial charge is 0.0642 e. The molecule has 3 rings (SSSR count). The summed E-state index contributed by atoms with van der Waals surface area (Å²) >= 11 is 6.49. The number of hydrogen-bond donors (Lipinski definition) is 1. The third kappa shape index (κ3) is 2.48. The van der Waals surface area contributed by atoms with E-state index in [2.05, 4.69) is 17.0 Å². The fourth-order valence-corrected chi connectivity index (χ4v) is 4.04.